The Labute approximate surface area is 102 Å². The highest BCUT2D eigenvalue weighted by Crippen LogP contribution is 2.16. The number of aliphatic hydroxyl groups excluding tert-OH is 1. The van der Waals surface area contributed by atoms with Crippen molar-refractivity contribution in [3.63, 3.8) is 0 Å². The quantitative estimate of drug-likeness (QED) is 0.724. The van der Waals surface area contributed by atoms with Crippen molar-refractivity contribution in [2.45, 2.75) is 52.7 Å². The van der Waals surface area contributed by atoms with Gasteiger partial charge in [0.05, 0.1) is 0 Å². The molecule has 0 aliphatic carbocycles. The Morgan fingerprint density at radius 3 is 2.81 bits per heavy atom. The van der Waals surface area contributed by atoms with E-state index < -0.39 is 0 Å². The second-order valence-electron chi connectivity index (χ2n) is 4.13. The lowest BCUT2D eigenvalue weighted by molar-refractivity contribution is 0.258. The average Bonchev–Trinajstić information content (AvgIpc) is 2.65. The zero-order valence-corrected chi connectivity index (χ0v) is 10.9. The zero-order chi connectivity index (χ0) is 12.0. The van der Waals surface area contributed by atoms with E-state index in [1.165, 1.54) is 19.3 Å². The predicted molar refractivity (Wildman–Crippen MR) is 66.6 cm³/mol. The van der Waals surface area contributed by atoms with Crippen molar-refractivity contribution in [3.8, 4) is 0 Å². The van der Waals surface area contributed by atoms with Crippen molar-refractivity contribution in [3.05, 3.63) is 10.6 Å². The molecule has 0 aromatic carbocycles. The van der Waals surface area contributed by atoms with E-state index in [0.717, 1.165) is 13.0 Å². The summed E-state index contributed by atoms with van der Waals surface area (Å²) >= 11 is 5.15. The van der Waals surface area contributed by atoms with E-state index in [0.29, 0.717) is 16.5 Å². The third kappa shape index (κ3) is 3.42. The second-order valence-corrected chi connectivity index (χ2v) is 4.52. The highest BCUT2D eigenvalue weighted by Gasteiger charge is 2.11. The number of nitrogens with zero attached hydrogens (tertiary/aromatic N) is 2. The normalized spacial score (nSPS) is 12.9. The molecule has 0 radical (unpaired) electrons. The molecule has 1 rings (SSSR count). The van der Waals surface area contributed by atoms with Crippen molar-refractivity contribution >= 4 is 12.2 Å². The molecular weight excluding hydrogens is 222 g/mol. The number of hydrogen-bond donors (Lipinski definition) is 2. The highest BCUT2D eigenvalue weighted by molar-refractivity contribution is 7.71. The Bertz CT molecular complexity index is 358. The van der Waals surface area contributed by atoms with Gasteiger partial charge in [0.25, 0.3) is 0 Å². The molecular formula is C11H21N3OS. The third-order valence-corrected chi connectivity index (χ3v) is 3.27. The SMILES string of the molecule is CCCCC(CC)Cn1c(CO)n[nH]c1=S. The molecule has 16 heavy (non-hydrogen) atoms. The molecule has 0 fully saturated rings. The number of H-pyrrole nitrogens is 1. The largest absolute Gasteiger partial charge is 0.388 e. The van der Waals surface area contributed by atoms with Gasteiger partial charge in [0.1, 0.15) is 6.61 Å². The Kier molecular flexibility index (Phi) is 5.69. The summed E-state index contributed by atoms with van der Waals surface area (Å²) in [6.45, 7) is 5.21. The van der Waals surface area contributed by atoms with Crippen molar-refractivity contribution < 1.29 is 5.11 Å². The smallest absolute Gasteiger partial charge is 0.195 e. The fraction of sp³-hybridized carbons (Fsp3) is 0.818. The lowest BCUT2D eigenvalue weighted by atomic mass is 9.99. The Balaban J connectivity index is 2.69. The summed E-state index contributed by atoms with van der Waals surface area (Å²) in [4.78, 5) is 0. The van der Waals surface area contributed by atoms with Gasteiger partial charge in [-0.25, -0.2) is 0 Å². The maximum absolute atomic E-state index is 9.14. The number of hydrogen-bond acceptors (Lipinski definition) is 3. The van der Waals surface area contributed by atoms with Crippen LogP contribution in [0.2, 0.25) is 0 Å². The van der Waals surface area contributed by atoms with Crippen LogP contribution < -0.4 is 0 Å². The molecule has 0 amide bonds. The van der Waals surface area contributed by atoms with E-state index in [1.807, 2.05) is 4.57 Å². The van der Waals surface area contributed by atoms with E-state index in [4.69, 9.17) is 17.3 Å². The molecule has 0 saturated carbocycles. The number of aromatic amines is 1. The van der Waals surface area contributed by atoms with Crippen LogP contribution in [0.4, 0.5) is 0 Å². The molecule has 0 saturated heterocycles. The Morgan fingerprint density at radius 2 is 2.25 bits per heavy atom. The second kappa shape index (κ2) is 6.81. The van der Waals surface area contributed by atoms with Gasteiger partial charge in [-0.2, -0.15) is 5.10 Å². The summed E-state index contributed by atoms with van der Waals surface area (Å²) in [5.41, 5.74) is 0. The van der Waals surface area contributed by atoms with Crippen LogP contribution in [0.5, 0.6) is 0 Å². The molecule has 1 heterocycles. The summed E-state index contributed by atoms with van der Waals surface area (Å²) in [5, 5.41) is 15.9. The van der Waals surface area contributed by atoms with Crippen LogP contribution in [0.25, 0.3) is 0 Å². The van der Waals surface area contributed by atoms with Crippen LogP contribution in [0.3, 0.4) is 0 Å². The van der Waals surface area contributed by atoms with Crippen molar-refractivity contribution in [1.82, 2.24) is 14.8 Å². The van der Waals surface area contributed by atoms with Crippen LogP contribution in [-0.4, -0.2) is 19.9 Å². The van der Waals surface area contributed by atoms with E-state index in [-0.39, 0.29) is 6.61 Å². The van der Waals surface area contributed by atoms with Crippen molar-refractivity contribution in [1.29, 1.82) is 0 Å². The first-order chi connectivity index (χ1) is 7.72. The third-order valence-electron chi connectivity index (χ3n) is 2.96. The van der Waals surface area contributed by atoms with E-state index >= 15 is 0 Å². The molecule has 92 valence electrons. The van der Waals surface area contributed by atoms with Crippen LogP contribution >= 0.6 is 12.2 Å². The maximum atomic E-state index is 9.14. The molecule has 0 spiro atoms. The summed E-state index contributed by atoms with van der Waals surface area (Å²) < 4.78 is 2.53. The minimum Gasteiger partial charge on any atom is -0.388 e. The minimum absolute atomic E-state index is 0.0582. The van der Waals surface area contributed by atoms with E-state index in [1.54, 1.807) is 0 Å². The summed E-state index contributed by atoms with van der Waals surface area (Å²) in [6.07, 6.45) is 4.82. The molecule has 0 aliphatic heterocycles. The Hall–Kier alpha value is -0.680. The number of rotatable bonds is 7. The van der Waals surface area contributed by atoms with Crippen molar-refractivity contribution in [2.24, 2.45) is 5.92 Å². The molecule has 0 aliphatic rings. The highest BCUT2D eigenvalue weighted by atomic mass is 32.1. The number of aliphatic hydroxyl groups is 1. The first-order valence-corrected chi connectivity index (χ1v) is 6.38. The zero-order valence-electron chi connectivity index (χ0n) is 10.1. The van der Waals surface area contributed by atoms with Gasteiger partial charge in [-0.3, -0.25) is 5.10 Å². The minimum atomic E-state index is -0.0582. The van der Waals surface area contributed by atoms with Gasteiger partial charge in [0.2, 0.25) is 0 Å². The fourth-order valence-corrected chi connectivity index (χ4v) is 2.06. The van der Waals surface area contributed by atoms with Gasteiger partial charge >= 0.3 is 0 Å². The topological polar surface area (TPSA) is 53.8 Å². The summed E-state index contributed by atoms with van der Waals surface area (Å²) in [7, 11) is 0. The summed E-state index contributed by atoms with van der Waals surface area (Å²) in [6, 6.07) is 0. The number of aromatic nitrogens is 3. The first kappa shape index (κ1) is 13.4. The van der Waals surface area contributed by atoms with Crippen molar-refractivity contribution in [2.75, 3.05) is 0 Å². The maximum Gasteiger partial charge on any atom is 0.195 e. The van der Waals surface area contributed by atoms with Crippen LogP contribution in [0, 0.1) is 10.7 Å². The molecule has 2 N–H and O–H groups in total. The van der Waals surface area contributed by atoms with Gasteiger partial charge in [0, 0.05) is 6.54 Å². The van der Waals surface area contributed by atoms with Crippen LogP contribution in [0.15, 0.2) is 0 Å². The molecule has 0 bridgehead atoms. The first-order valence-electron chi connectivity index (χ1n) is 5.97. The lowest BCUT2D eigenvalue weighted by Crippen LogP contribution is -2.13. The average molecular weight is 243 g/mol. The van der Waals surface area contributed by atoms with Gasteiger partial charge in [-0.05, 0) is 24.6 Å². The molecule has 4 nitrogen and oxygen atoms in total. The van der Waals surface area contributed by atoms with Gasteiger partial charge in [-0.15, -0.1) is 0 Å². The molecule has 1 aromatic rings. The van der Waals surface area contributed by atoms with Gasteiger partial charge < -0.3 is 9.67 Å². The van der Waals surface area contributed by atoms with Gasteiger partial charge in [-0.1, -0.05) is 33.1 Å². The van der Waals surface area contributed by atoms with E-state index in [2.05, 4.69) is 24.0 Å². The molecule has 5 heteroatoms. The summed E-state index contributed by atoms with van der Waals surface area (Å²) in [5.74, 6) is 1.26. The van der Waals surface area contributed by atoms with E-state index in [9.17, 15) is 0 Å². The number of unbranched alkanes of at least 4 members (excludes halogenated alkanes) is 1. The fourth-order valence-electron chi connectivity index (χ4n) is 1.83. The lowest BCUT2D eigenvalue weighted by Gasteiger charge is -2.15. The van der Waals surface area contributed by atoms with Gasteiger partial charge in [0.15, 0.2) is 10.6 Å². The molecule has 1 atom stereocenters. The van der Waals surface area contributed by atoms with Crippen LogP contribution in [0.1, 0.15) is 45.4 Å². The number of nitrogens with one attached hydrogen (secondary N) is 1. The molecule has 1 unspecified atom stereocenters. The Morgan fingerprint density at radius 1 is 1.50 bits per heavy atom. The predicted octanol–water partition coefficient (Wildman–Crippen LogP) is 2.65. The monoisotopic (exact) mass is 243 g/mol. The molecule has 1 aromatic heterocycles. The standard InChI is InChI=1S/C11H21N3OS/c1-3-5-6-9(4-2)7-14-10(8-15)12-13-11(14)16/h9,15H,3-8H2,1-2H3,(H,13,16). The van der Waals surface area contributed by atoms with Crippen LogP contribution in [-0.2, 0) is 13.2 Å².